The van der Waals surface area contributed by atoms with E-state index in [0.717, 1.165) is 30.2 Å². The molecule has 0 unspecified atom stereocenters. The maximum atomic E-state index is 5.59. The number of hydrogen-bond acceptors (Lipinski definition) is 4. The largest absolute Gasteiger partial charge is 0.496 e. The maximum absolute atomic E-state index is 5.59. The number of benzene rings is 1. The van der Waals surface area contributed by atoms with Gasteiger partial charge in [0.25, 0.3) is 0 Å². The van der Waals surface area contributed by atoms with Crippen LogP contribution >= 0.6 is 0 Å². The van der Waals surface area contributed by atoms with Crippen molar-refractivity contribution in [1.82, 2.24) is 5.32 Å². The molecule has 0 aromatic heterocycles. The Bertz CT molecular complexity index is 293. The minimum absolute atomic E-state index is 0.678. The molecule has 1 aromatic rings. The molecule has 0 saturated heterocycles. The number of methoxy groups -OCH3 is 2. The van der Waals surface area contributed by atoms with E-state index in [2.05, 4.69) is 5.32 Å². The van der Waals surface area contributed by atoms with Crippen molar-refractivity contribution < 1.29 is 14.2 Å². The van der Waals surface area contributed by atoms with Gasteiger partial charge in [0.2, 0.25) is 0 Å². The molecule has 0 atom stereocenters. The van der Waals surface area contributed by atoms with Crippen molar-refractivity contribution in [2.45, 2.75) is 6.42 Å². The molecule has 4 heteroatoms. The van der Waals surface area contributed by atoms with Gasteiger partial charge in [-0.2, -0.15) is 0 Å². The van der Waals surface area contributed by atoms with Crippen LogP contribution in [0.25, 0.3) is 0 Å². The average molecular weight is 225 g/mol. The predicted octanol–water partition coefficient (Wildman–Crippen LogP) is 1.69. The molecule has 0 saturated carbocycles. The SMILES string of the molecule is CNCCCOc1cc(OC)cc(OC)c1. The van der Waals surface area contributed by atoms with Gasteiger partial charge in [0.05, 0.1) is 20.8 Å². The first-order valence-electron chi connectivity index (χ1n) is 5.30. The normalized spacial score (nSPS) is 9.94. The van der Waals surface area contributed by atoms with E-state index in [9.17, 15) is 0 Å². The zero-order valence-electron chi connectivity index (χ0n) is 10.1. The molecule has 0 fully saturated rings. The van der Waals surface area contributed by atoms with E-state index in [4.69, 9.17) is 14.2 Å². The highest BCUT2D eigenvalue weighted by Gasteiger charge is 2.02. The summed E-state index contributed by atoms with van der Waals surface area (Å²) in [7, 11) is 5.17. The molecule has 0 radical (unpaired) electrons. The van der Waals surface area contributed by atoms with Crippen molar-refractivity contribution in [3.05, 3.63) is 18.2 Å². The first kappa shape index (κ1) is 12.6. The molecule has 0 aliphatic carbocycles. The molecule has 1 rings (SSSR count). The number of rotatable bonds is 7. The van der Waals surface area contributed by atoms with Crippen LogP contribution in [0.3, 0.4) is 0 Å². The number of ether oxygens (including phenoxy) is 3. The van der Waals surface area contributed by atoms with Gasteiger partial charge in [0.15, 0.2) is 0 Å². The van der Waals surface area contributed by atoms with Gasteiger partial charge in [-0.25, -0.2) is 0 Å². The molecule has 16 heavy (non-hydrogen) atoms. The van der Waals surface area contributed by atoms with E-state index in [0.29, 0.717) is 6.61 Å². The summed E-state index contributed by atoms with van der Waals surface area (Å²) in [5, 5.41) is 3.07. The molecule has 0 aliphatic heterocycles. The smallest absolute Gasteiger partial charge is 0.126 e. The first-order valence-corrected chi connectivity index (χ1v) is 5.30. The van der Waals surface area contributed by atoms with Gasteiger partial charge in [0.1, 0.15) is 17.2 Å². The summed E-state index contributed by atoms with van der Waals surface area (Å²) < 4.78 is 15.9. The van der Waals surface area contributed by atoms with Gasteiger partial charge in [-0.05, 0) is 20.0 Å². The Kier molecular flexibility index (Phi) is 5.50. The highest BCUT2D eigenvalue weighted by Crippen LogP contribution is 2.27. The Morgan fingerprint density at radius 3 is 2.06 bits per heavy atom. The molecule has 90 valence electrons. The van der Waals surface area contributed by atoms with Crippen LogP contribution in [0.4, 0.5) is 0 Å². The van der Waals surface area contributed by atoms with E-state index in [1.54, 1.807) is 14.2 Å². The molecule has 1 aromatic carbocycles. The highest BCUT2D eigenvalue weighted by molar-refractivity contribution is 5.41. The Morgan fingerprint density at radius 2 is 1.56 bits per heavy atom. The van der Waals surface area contributed by atoms with Gasteiger partial charge in [-0.3, -0.25) is 0 Å². The van der Waals surface area contributed by atoms with Crippen molar-refractivity contribution in [3.63, 3.8) is 0 Å². The third-order valence-electron chi connectivity index (χ3n) is 2.16. The summed E-state index contributed by atoms with van der Waals surface area (Å²) >= 11 is 0. The van der Waals surface area contributed by atoms with Crippen LogP contribution < -0.4 is 19.5 Å². The fraction of sp³-hybridized carbons (Fsp3) is 0.500. The van der Waals surface area contributed by atoms with Gasteiger partial charge < -0.3 is 19.5 Å². The van der Waals surface area contributed by atoms with E-state index in [-0.39, 0.29) is 0 Å². The quantitative estimate of drug-likeness (QED) is 0.717. The molecular formula is C12H19NO3. The Hall–Kier alpha value is -1.42. The monoisotopic (exact) mass is 225 g/mol. The van der Waals surface area contributed by atoms with Crippen molar-refractivity contribution in [2.24, 2.45) is 0 Å². The Morgan fingerprint density at radius 1 is 1.00 bits per heavy atom. The van der Waals surface area contributed by atoms with Crippen LogP contribution in [0.1, 0.15) is 6.42 Å². The van der Waals surface area contributed by atoms with Crippen molar-refractivity contribution in [3.8, 4) is 17.2 Å². The lowest BCUT2D eigenvalue weighted by Gasteiger charge is -2.10. The van der Waals surface area contributed by atoms with Crippen LogP contribution in [-0.2, 0) is 0 Å². The van der Waals surface area contributed by atoms with Gasteiger partial charge >= 0.3 is 0 Å². The van der Waals surface area contributed by atoms with Crippen LogP contribution in [0.15, 0.2) is 18.2 Å². The second kappa shape index (κ2) is 6.95. The van der Waals surface area contributed by atoms with Crippen molar-refractivity contribution in [2.75, 3.05) is 34.4 Å². The van der Waals surface area contributed by atoms with E-state index in [1.165, 1.54) is 0 Å². The lowest BCUT2D eigenvalue weighted by molar-refractivity contribution is 0.304. The summed E-state index contributed by atoms with van der Waals surface area (Å²) in [5.41, 5.74) is 0. The fourth-order valence-electron chi connectivity index (χ4n) is 1.30. The molecule has 0 amide bonds. The van der Waals surface area contributed by atoms with E-state index < -0.39 is 0 Å². The zero-order valence-corrected chi connectivity index (χ0v) is 10.1. The molecule has 0 aliphatic rings. The fourth-order valence-corrected chi connectivity index (χ4v) is 1.30. The van der Waals surface area contributed by atoms with Crippen LogP contribution in [0.2, 0.25) is 0 Å². The standard InChI is InChI=1S/C12H19NO3/c1-13-5-4-6-16-12-8-10(14-2)7-11(9-12)15-3/h7-9,13H,4-6H2,1-3H3. The van der Waals surface area contributed by atoms with Gasteiger partial charge in [-0.15, -0.1) is 0 Å². The third-order valence-corrected chi connectivity index (χ3v) is 2.16. The summed E-state index contributed by atoms with van der Waals surface area (Å²) in [5.74, 6) is 2.25. The second-order valence-electron chi connectivity index (χ2n) is 3.35. The van der Waals surface area contributed by atoms with Gasteiger partial charge in [0, 0.05) is 18.2 Å². The highest BCUT2D eigenvalue weighted by atomic mass is 16.5. The molecule has 1 N–H and O–H groups in total. The molecule has 4 nitrogen and oxygen atoms in total. The average Bonchev–Trinajstić information content (AvgIpc) is 2.34. The van der Waals surface area contributed by atoms with Crippen molar-refractivity contribution in [1.29, 1.82) is 0 Å². The summed E-state index contributed by atoms with van der Waals surface area (Å²) in [4.78, 5) is 0. The van der Waals surface area contributed by atoms with Crippen LogP contribution in [-0.4, -0.2) is 34.4 Å². The Labute approximate surface area is 96.5 Å². The summed E-state index contributed by atoms with van der Waals surface area (Å²) in [6.45, 7) is 1.62. The van der Waals surface area contributed by atoms with Crippen LogP contribution in [0, 0.1) is 0 Å². The zero-order chi connectivity index (χ0) is 11.8. The molecule has 0 heterocycles. The molecule has 0 bridgehead atoms. The Balaban J connectivity index is 2.57. The third kappa shape index (κ3) is 3.98. The molecular weight excluding hydrogens is 206 g/mol. The maximum Gasteiger partial charge on any atom is 0.126 e. The molecule has 0 spiro atoms. The van der Waals surface area contributed by atoms with Crippen molar-refractivity contribution >= 4 is 0 Å². The number of nitrogens with one attached hydrogen (secondary N) is 1. The lowest BCUT2D eigenvalue weighted by Crippen LogP contribution is -2.11. The van der Waals surface area contributed by atoms with Crippen LogP contribution in [0.5, 0.6) is 17.2 Å². The van der Waals surface area contributed by atoms with E-state index >= 15 is 0 Å². The predicted molar refractivity (Wildman–Crippen MR) is 63.6 cm³/mol. The summed E-state index contributed by atoms with van der Waals surface area (Å²) in [6.07, 6.45) is 0.968. The first-order chi connectivity index (χ1) is 7.80. The minimum atomic E-state index is 0.678. The lowest BCUT2D eigenvalue weighted by atomic mass is 10.3. The summed E-state index contributed by atoms with van der Waals surface area (Å²) in [6, 6.07) is 5.52. The van der Waals surface area contributed by atoms with E-state index in [1.807, 2.05) is 25.2 Å². The van der Waals surface area contributed by atoms with Gasteiger partial charge in [-0.1, -0.05) is 0 Å². The minimum Gasteiger partial charge on any atom is -0.496 e. The second-order valence-corrected chi connectivity index (χ2v) is 3.35. The number of hydrogen-bond donors (Lipinski definition) is 1. The topological polar surface area (TPSA) is 39.7 Å².